The topological polar surface area (TPSA) is 86.7 Å². The molecule has 0 fully saturated rings. The highest BCUT2D eigenvalue weighted by Gasteiger charge is 2.22. The van der Waals surface area contributed by atoms with E-state index >= 15 is 0 Å². The Hall–Kier alpha value is -0.160. The van der Waals surface area contributed by atoms with Crippen molar-refractivity contribution in [3.8, 4) is 0 Å². The Bertz CT molecular complexity index is 264. The van der Waals surface area contributed by atoms with Crippen molar-refractivity contribution in [3.63, 3.8) is 0 Å². The van der Waals surface area contributed by atoms with Crippen LogP contribution in [0.2, 0.25) is 0 Å². The Labute approximate surface area is 156 Å². The molecule has 0 aromatic heterocycles. The molecule has 0 spiro atoms. The molecule has 0 heterocycles. The lowest BCUT2D eigenvalue weighted by atomic mass is 10.00. The minimum Gasteiger partial charge on any atom is -0.395 e. The molecule has 0 amide bonds. The van der Waals surface area contributed by atoms with Gasteiger partial charge in [-0.15, -0.1) is 0 Å². The Morgan fingerprint density at radius 3 is 1.36 bits per heavy atom. The smallest absolute Gasteiger partial charge is 0.0971 e. The quantitative estimate of drug-likeness (QED) is 0.259. The third-order valence-corrected chi connectivity index (χ3v) is 5.15. The third kappa shape index (κ3) is 15.8. The fourth-order valence-electron chi connectivity index (χ4n) is 3.29. The molecule has 0 rings (SSSR count). The molecule has 0 radical (unpaired) electrons. The van der Waals surface area contributed by atoms with Crippen LogP contribution < -0.4 is 5.73 Å². The van der Waals surface area contributed by atoms with Crippen LogP contribution >= 0.6 is 0 Å². The van der Waals surface area contributed by atoms with Crippen molar-refractivity contribution in [2.75, 3.05) is 6.61 Å². The van der Waals surface area contributed by atoms with Crippen molar-refractivity contribution in [2.24, 2.45) is 5.73 Å². The Morgan fingerprint density at radius 2 is 1.00 bits per heavy atom. The van der Waals surface area contributed by atoms with Crippen LogP contribution in [0.15, 0.2) is 0 Å². The van der Waals surface area contributed by atoms with E-state index < -0.39 is 18.2 Å². The molecule has 25 heavy (non-hydrogen) atoms. The molecular formula is C21H45NO3. The first-order valence-electron chi connectivity index (χ1n) is 10.9. The SMILES string of the molecule is CCCCCCCCCCCCCCCCCC(O)C(O)C(N)CO. The minimum atomic E-state index is -1.02. The van der Waals surface area contributed by atoms with E-state index in [2.05, 4.69) is 6.92 Å². The summed E-state index contributed by atoms with van der Waals surface area (Å²) in [5.41, 5.74) is 5.51. The van der Waals surface area contributed by atoms with Crippen LogP contribution in [-0.4, -0.2) is 40.2 Å². The van der Waals surface area contributed by atoms with Gasteiger partial charge in [-0.1, -0.05) is 103 Å². The molecule has 0 aromatic rings. The maximum absolute atomic E-state index is 9.78. The number of rotatable bonds is 19. The molecule has 0 saturated carbocycles. The molecule has 0 saturated heterocycles. The highest BCUT2D eigenvalue weighted by atomic mass is 16.3. The fourth-order valence-corrected chi connectivity index (χ4v) is 3.29. The standard InChI is InChI=1S/C21H45NO3/c1-2-3-4-5-6-7-8-9-10-11-12-13-14-15-16-17-20(24)21(25)19(22)18-23/h19-21,23-25H,2-18,22H2,1H3. The van der Waals surface area contributed by atoms with Crippen molar-refractivity contribution in [3.05, 3.63) is 0 Å². The van der Waals surface area contributed by atoms with Gasteiger partial charge in [-0.25, -0.2) is 0 Å². The van der Waals surface area contributed by atoms with Crippen LogP contribution in [0.1, 0.15) is 110 Å². The number of hydrogen-bond donors (Lipinski definition) is 4. The van der Waals surface area contributed by atoms with Crippen LogP contribution in [0.3, 0.4) is 0 Å². The van der Waals surface area contributed by atoms with Gasteiger partial charge in [-0.05, 0) is 6.42 Å². The molecule has 0 aromatic carbocycles. The van der Waals surface area contributed by atoms with E-state index in [1.807, 2.05) is 0 Å². The predicted octanol–water partition coefficient (Wildman–Crippen LogP) is 4.29. The summed E-state index contributed by atoms with van der Waals surface area (Å²) in [6, 6.07) is -0.744. The first-order valence-corrected chi connectivity index (χ1v) is 10.9. The second kappa shape index (κ2) is 18.6. The van der Waals surface area contributed by atoms with Crippen LogP contribution in [0.25, 0.3) is 0 Å². The summed E-state index contributed by atoms with van der Waals surface area (Å²) in [6.45, 7) is 1.97. The van der Waals surface area contributed by atoms with Gasteiger partial charge in [0.1, 0.15) is 0 Å². The molecule has 0 aliphatic carbocycles. The largest absolute Gasteiger partial charge is 0.395 e. The summed E-state index contributed by atoms with van der Waals surface area (Å²) in [4.78, 5) is 0. The van der Waals surface area contributed by atoms with E-state index in [0.29, 0.717) is 6.42 Å². The molecular weight excluding hydrogens is 314 g/mol. The van der Waals surface area contributed by atoms with Gasteiger partial charge in [-0.3, -0.25) is 0 Å². The Morgan fingerprint density at radius 1 is 0.640 bits per heavy atom. The maximum Gasteiger partial charge on any atom is 0.0971 e. The maximum atomic E-state index is 9.78. The number of aliphatic hydroxyl groups excluding tert-OH is 3. The lowest BCUT2D eigenvalue weighted by Crippen LogP contribution is -2.45. The molecule has 0 bridgehead atoms. The molecule has 0 aliphatic rings. The minimum absolute atomic E-state index is 0.295. The van der Waals surface area contributed by atoms with Crippen molar-refractivity contribution in [2.45, 2.75) is 128 Å². The van der Waals surface area contributed by atoms with E-state index in [9.17, 15) is 10.2 Å². The number of aliphatic hydroxyl groups is 3. The van der Waals surface area contributed by atoms with Gasteiger partial charge in [0.05, 0.1) is 24.9 Å². The summed E-state index contributed by atoms with van der Waals surface area (Å²) in [7, 11) is 0. The van der Waals surface area contributed by atoms with Crippen LogP contribution in [0.5, 0.6) is 0 Å². The van der Waals surface area contributed by atoms with E-state index in [-0.39, 0.29) is 6.61 Å². The molecule has 0 aliphatic heterocycles. The first kappa shape index (κ1) is 24.8. The first-order chi connectivity index (χ1) is 12.1. The van der Waals surface area contributed by atoms with Gasteiger partial charge in [0.25, 0.3) is 0 Å². The van der Waals surface area contributed by atoms with Crippen molar-refractivity contribution in [1.29, 1.82) is 0 Å². The van der Waals surface area contributed by atoms with E-state index in [0.717, 1.165) is 12.8 Å². The van der Waals surface area contributed by atoms with Crippen LogP contribution in [-0.2, 0) is 0 Å². The average molecular weight is 360 g/mol. The van der Waals surface area contributed by atoms with Gasteiger partial charge in [0.15, 0.2) is 0 Å². The number of nitrogens with two attached hydrogens (primary N) is 1. The lowest BCUT2D eigenvalue weighted by Gasteiger charge is -2.22. The van der Waals surface area contributed by atoms with Gasteiger partial charge < -0.3 is 21.1 Å². The molecule has 3 atom stereocenters. The normalized spacial score (nSPS) is 15.2. The summed E-state index contributed by atoms with van der Waals surface area (Å²) in [5.74, 6) is 0. The van der Waals surface area contributed by atoms with Gasteiger partial charge in [-0.2, -0.15) is 0 Å². The van der Waals surface area contributed by atoms with Gasteiger partial charge >= 0.3 is 0 Å². The predicted molar refractivity (Wildman–Crippen MR) is 107 cm³/mol. The lowest BCUT2D eigenvalue weighted by molar-refractivity contribution is -0.0121. The molecule has 3 unspecified atom stereocenters. The summed E-state index contributed by atoms with van der Waals surface area (Å²) in [5, 5.41) is 28.3. The molecule has 4 heteroatoms. The van der Waals surface area contributed by atoms with E-state index in [1.54, 1.807) is 0 Å². The van der Waals surface area contributed by atoms with Crippen molar-refractivity contribution < 1.29 is 15.3 Å². The number of hydrogen-bond acceptors (Lipinski definition) is 4. The summed E-state index contributed by atoms with van der Waals surface area (Å²) < 4.78 is 0. The van der Waals surface area contributed by atoms with Crippen LogP contribution in [0.4, 0.5) is 0 Å². The monoisotopic (exact) mass is 359 g/mol. The highest BCUT2D eigenvalue weighted by Crippen LogP contribution is 2.14. The Kier molecular flexibility index (Phi) is 18.5. The second-order valence-corrected chi connectivity index (χ2v) is 7.64. The van der Waals surface area contributed by atoms with Crippen molar-refractivity contribution in [1.82, 2.24) is 0 Å². The molecule has 152 valence electrons. The molecule has 5 N–H and O–H groups in total. The second-order valence-electron chi connectivity index (χ2n) is 7.64. The van der Waals surface area contributed by atoms with Gasteiger partial charge in [0.2, 0.25) is 0 Å². The van der Waals surface area contributed by atoms with Crippen LogP contribution in [0, 0.1) is 0 Å². The third-order valence-electron chi connectivity index (χ3n) is 5.15. The van der Waals surface area contributed by atoms with E-state index in [4.69, 9.17) is 10.8 Å². The zero-order valence-corrected chi connectivity index (χ0v) is 16.7. The zero-order chi connectivity index (χ0) is 18.8. The van der Waals surface area contributed by atoms with Gasteiger partial charge in [0, 0.05) is 0 Å². The molecule has 4 nitrogen and oxygen atoms in total. The summed E-state index contributed by atoms with van der Waals surface area (Å²) in [6.07, 6.45) is 18.4. The highest BCUT2D eigenvalue weighted by molar-refractivity contribution is 4.77. The Balaban J connectivity index is 3.21. The van der Waals surface area contributed by atoms with Crippen molar-refractivity contribution >= 4 is 0 Å². The van der Waals surface area contributed by atoms with E-state index in [1.165, 1.54) is 83.5 Å². The summed E-state index contributed by atoms with van der Waals surface area (Å²) >= 11 is 0. The average Bonchev–Trinajstić information content (AvgIpc) is 2.63. The number of unbranched alkanes of at least 4 members (excludes halogenated alkanes) is 14. The fraction of sp³-hybridized carbons (Fsp3) is 1.00. The zero-order valence-electron chi connectivity index (χ0n) is 16.7.